The molecule has 0 saturated carbocycles. The molecule has 1 amide bonds. The van der Waals surface area contributed by atoms with Gasteiger partial charge in [-0.25, -0.2) is 0 Å². The Bertz CT molecular complexity index is 525. The molecule has 6 nitrogen and oxygen atoms in total. The topological polar surface area (TPSA) is 73.9 Å². The summed E-state index contributed by atoms with van der Waals surface area (Å²) in [4.78, 5) is 22.4. The van der Waals surface area contributed by atoms with Crippen LogP contribution in [0.25, 0.3) is 0 Å². The van der Waals surface area contributed by atoms with Crippen molar-refractivity contribution < 1.29 is 23.8 Å². The van der Waals surface area contributed by atoms with E-state index in [-0.39, 0.29) is 12.5 Å². The van der Waals surface area contributed by atoms with Crippen LogP contribution in [0.5, 0.6) is 17.2 Å². The van der Waals surface area contributed by atoms with Gasteiger partial charge in [0.1, 0.15) is 0 Å². The van der Waals surface area contributed by atoms with Gasteiger partial charge in [0.05, 0.1) is 26.9 Å². The van der Waals surface area contributed by atoms with Gasteiger partial charge in [-0.1, -0.05) is 0 Å². The number of methoxy groups -OCH3 is 3. The molecule has 1 N–H and O–H groups in total. The summed E-state index contributed by atoms with van der Waals surface area (Å²) in [5, 5.41) is 2.69. The van der Waals surface area contributed by atoms with Crippen molar-refractivity contribution in [1.29, 1.82) is 0 Å². The minimum Gasteiger partial charge on any atom is -0.492 e. The zero-order chi connectivity index (χ0) is 15.3. The van der Waals surface area contributed by atoms with Crippen LogP contribution in [0.1, 0.15) is 28.4 Å². The van der Waals surface area contributed by atoms with E-state index < -0.39 is 0 Å². The fourth-order valence-electron chi connectivity index (χ4n) is 2.04. The van der Waals surface area contributed by atoms with Crippen LogP contribution in [0.2, 0.25) is 0 Å². The molecule has 0 heterocycles. The van der Waals surface area contributed by atoms with E-state index in [1.807, 2.05) is 0 Å². The highest BCUT2D eigenvalue weighted by atomic mass is 16.5. The van der Waals surface area contributed by atoms with Crippen LogP contribution in [0.15, 0.2) is 0 Å². The lowest BCUT2D eigenvalue weighted by atomic mass is 9.99. The Labute approximate surface area is 118 Å². The maximum atomic E-state index is 11.3. The van der Waals surface area contributed by atoms with Crippen molar-refractivity contribution in [2.45, 2.75) is 20.4 Å². The maximum absolute atomic E-state index is 11.3. The van der Waals surface area contributed by atoms with Gasteiger partial charge in [-0.2, -0.15) is 0 Å². The molecule has 0 bridgehead atoms. The Morgan fingerprint density at radius 1 is 1.10 bits per heavy atom. The van der Waals surface area contributed by atoms with Gasteiger partial charge in [-0.15, -0.1) is 0 Å². The van der Waals surface area contributed by atoms with E-state index in [1.165, 1.54) is 28.3 Å². The summed E-state index contributed by atoms with van der Waals surface area (Å²) < 4.78 is 15.9. The highest BCUT2D eigenvalue weighted by Crippen LogP contribution is 2.44. The van der Waals surface area contributed by atoms with E-state index in [9.17, 15) is 9.59 Å². The molecule has 1 aromatic rings. The third-order valence-corrected chi connectivity index (χ3v) is 3.03. The number of carbonyl (C=O) groups excluding carboxylic acids is 2. The predicted octanol–water partition coefficient (Wildman–Crippen LogP) is 1.47. The fourth-order valence-corrected chi connectivity index (χ4v) is 2.04. The van der Waals surface area contributed by atoms with Crippen molar-refractivity contribution in [1.82, 2.24) is 5.32 Å². The summed E-state index contributed by atoms with van der Waals surface area (Å²) in [7, 11) is 4.41. The average molecular weight is 281 g/mol. The molecule has 6 heteroatoms. The fraction of sp³-hybridized carbons (Fsp3) is 0.429. The van der Waals surface area contributed by atoms with Gasteiger partial charge in [0.25, 0.3) is 0 Å². The number of rotatable bonds is 6. The third kappa shape index (κ3) is 2.84. The molecule has 1 aromatic carbocycles. The van der Waals surface area contributed by atoms with Crippen LogP contribution in [0.3, 0.4) is 0 Å². The standard InChI is InChI=1S/C14H19NO5/c1-8-10(6-15-9(2)17)12(18-3)14(20-5)13(19-4)11(8)7-16/h7H,6H2,1-5H3,(H,15,17). The monoisotopic (exact) mass is 281 g/mol. The quantitative estimate of drug-likeness (QED) is 0.799. The lowest BCUT2D eigenvalue weighted by Gasteiger charge is -2.20. The first-order valence-electron chi connectivity index (χ1n) is 6.02. The second-order valence-corrected chi connectivity index (χ2v) is 4.14. The molecule has 0 aliphatic heterocycles. The summed E-state index contributed by atoms with van der Waals surface area (Å²) in [5.74, 6) is 0.932. The van der Waals surface area contributed by atoms with Crippen molar-refractivity contribution >= 4 is 12.2 Å². The van der Waals surface area contributed by atoms with Crippen LogP contribution < -0.4 is 19.5 Å². The molecule has 0 aliphatic rings. The summed E-state index contributed by atoms with van der Waals surface area (Å²) in [6.07, 6.45) is 0.702. The molecular formula is C14H19NO5. The number of nitrogens with one attached hydrogen (secondary N) is 1. The first-order valence-corrected chi connectivity index (χ1v) is 6.02. The minimum absolute atomic E-state index is 0.172. The summed E-state index contributed by atoms with van der Waals surface area (Å²) in [6.45, 7) is 3.43. The Morgan fingerprint density at radius 3 is 2.05 bits per heavy atom. The molecule has 20 heavy (non-hydrogen) atoms. The molecule has 1 rings (SSSR count). The molecule has 0 unspecified atom stereocenters. The second kappa shape index (κ2) is 6.79. The van der Waals surface area contributed by atoms with Gasteiger partial charge in [0.2, 0.25) is 11.7 Å². The maximum Gasteiger partial charge on any atom is 0.217 e. The van der Waals surface area contributed by atoms with Crippen LogP contribution in [-0.4, -0.2) is 33.5 Å². The molecular weight excluding hydrogens is 262 g/mol. The summed E-state index contributed by atoms with van der Waals surface area (Å²) >= 11 is 0. The lowest BCUT2D eigenvalue weighted by molar-refractivity contribution is -0.119. The molecule has 0 atom stereocenters. The molecule has 0 aromatic heterocycles. The molecule has 0 radical (unpaired) electrons. The van der Waals surface area contributed by atoms with Crippen LogP contribution >= 0.6 is 0 Å². The second-order valence-electron chi connectivity index (χ2n) is 4.14. The van der Waals surface area contributed by atoms with E-state index >= 15 is 0 Å². The predicted molar refractivity (Wildman–Crippen MR) is 73.7 cm³/mol. The number of ether oxygens (including phenoxy) is 3. The van der Waals surface area contributed by atoms with Crippen molar-refractivity contribution in [3.05, 3.63) is 16.7 Å². The van der Waals surface area contributed by atoms with Crippen LogP contribution in [-0.2, 0) is 11.3 Å². The van der Waals surface area contributed by atoms with Crippen molar-refractivity contribution in [3.8, 4) is 17.2 Å². The third-order valence-electron chi connectivity index (χ3n) is 3.03. The summed E-state index contributed by atoms with van der Waals surface area (Å²) in [6, 6.07) is 0. The van der Waals surface area contributed by atoms with Crippen molar-refractivity contribution in [2.24, 2.45) is 0 Å². The average Bonchev–Trinajstić information content (AvgIpc) is 2.43. The largest absolute Gasteiger partial charge is 0.492 e. The number of hydrogen-bond acceptors (Lipinski definition) is 5. The smallest absolute Gasteiger partial charge is 0.217 e. The lowest BCUT2D eigenvalue weighted by Crippen LogP contribution is -2.20. The van der Waals surface area contributed by atoms with E-state index in [0.717, 1.165) is 0 Å². The first kappa shape index (κ1) is 15.8. The Balaban J connectivity index is 3.55. The van der Waals surface area contributed by atoms with Crippen molar-refractivity contribution in [2.75, 3.05) is 21.3 Å². The van der Waals surface area contributed by atoms with Gasteiger partial charge < -0.3 is 19.5 Å². The number of benzene rings is 1. The molecule has 0 saturated heterocycles. The first-order chi connectivity index (χ1) is 9.51. The zero-order valence-electron chi connectivity index (χ0n) is 12.3. The highest BCUT2D eigenvalue weighted by molar-refractivity contribution is 5.86. The van der Waals surface area contributed by atoms with Gasteiger partial charge in [0.15, 0.2) is 17.8 Å². The normalized spacial score (nSPS) is 9.85. The van der Waals surface area contributed by atoms with Gasteiger partial charge in [-0.3, -0.25) is 9.59 Å². The number of carbonyl (C=O) groups is 2. The van der Waals surface area contributed by atoms with Gasteiger partial charge in [-0.05, 0) is 12.5 Å². The number of hydrogen-bond donors (Lipinski definition) is 1. The van der Waals surface area contributed by atoms with Crippen molar-refractivity contribution in [3.63, 3.8) is 0 Å². The zero-order valence-corrected chi connectivity index (χ0v) is 12.3. The Kier molecular flexibility index (Phi) is 5.37. The van der Waals surface area contributed by atoms with Crippen LogP contribution in [0.4, 0.5) is 0 Å². The highest BCUT2D eigenvalue weighted by Gasteiger charge is 2.24. The van der Waals surface area contributed by atoms with Gasteiger partial charge >= 0.3 is 0 Å². The molecule has 0 fully saturated rings. The number of aldehydes is 1. The number of amides is 1. The molecule has 0 aliphatic carbocycles. The van der Waals surface area contributed by atoms with E-state index in [2.05, 4.69) is 5.32 Å². The Hall–Kier alpha value is -2.24. The van der Waals surface area contributed by atoms with E-state index in [0.29, 0.717) is 40.2 Å². The minimum atomic E-state index is -0.172. The van der Waals surface area contributed by atoms with Gasteiger partial charge in [0, 0.05) is 19.0 Å². The Morgan fingerprint density at radius 2 is 1.65 bits per heavy atom. The SMILES string of the molecule is COc1c(C=O)c(C)c(CNC(C)=O)c(OC)c1OC. The molecule has 110 valence electrons. The summed E-state index contributed by atoms with van der Waals surface area (Å²) in [5.41, 5.74) is 1.75. The van der Waals surface area contributed by atoms with E-state index in [4.69, 9.17) is 14.2 Å². The van der Waals surface area contributed by atoms with Crippen LogP contribution in [0, 0.1) is 6.92 Å². The molecule has 0 spiro atoms. The van der Waals surface area contributed by atoms with E-state index in [1.54, 1.807) is 6.92 Å².